The number of H-pyrrole nitrogens is 1. The van der Waals surface area contributed by atoms with Gasteiger partial charge in [-0.1, -0.05) is 6.07 Å². The Morgan fingerprint density at radius 2 is 1.96 bits per heavy atom. The molecular weight excluding hydrogens is 312 g/mol. The lowest BCUT2D eigenvalue weighted by Gasteiger charge is -2.22. The minimum atomic E-state index is 0.666. The number of pyridine rings is 1. The lowest BCUT2D eigenvalue weighted by atomic mass is 10.1. The fourth-order valence-corrected chi connectivity index (χ4v) is 3.14. The van der Waals surface area contributed by atoms with Crippen LogP contribution in [0.2, 0.25) is 0 Å². The minimum absolute atomic E-state index is 0.666. The van der Waals surface area contributed by atoms with Crippen LogP contribution < -0.4 is 4.74 Å². The van der Waals surface area contributed by atoms with E-state index in [2.05, 4.69) is 38.3 Å². The summed E-state index contributed by atoms with van der Waals surface area (Å²) in [6.07, 6.45) is 8.27. The predicted octanol–water partition coefficient (Wildman–Crippen LogP) is 3.64. The normalized spacial score (nSPS) is 14.0. The third kappa shape index (κ3) is 3.72. The summed E-state index contributed by atoms with van der Waals surface area (Å²) in [6, 6.07) is 12.9. The zero-order valence-electron chi connectivity index (χ0n) is 14.4. The SMILES string of the molecule is COc1ccc(-c2[nH]ncc2CN(Cc2cccnc2)C2CC2)cc1. The molecule has 2 heterocycles. The number of aromatic amines is 1. The smallest absolute Gasteiger partial charge is 0.118 e. The quantitative estimate of drug-likeness (QED) is 0.717. The summed E-state index contributed by atoms with van der Waals surface area (Å²) in [4.78, 5) is 6.76. The van der Waals surface area contributed by atoms with E-state index in [9.17, 15) is 0 Å². The molecule has 1 N–H and O–H groups in total. The maximum absolute atomic E-state index is 5.25. The van der Waals surface area contributed by atoms with Crippen molar-refractivity contribution >= 4 is 0 Å². The van der Waals surface area contributed by atoms with Crippen LogP contribution in [0.25, 0.3) is 11.3 Å². The number of aromatic nitrogens is 3. The average molecular weight is 334 g/mol. The fourth-order valence-electron chi connectivity index (χ4n) is 3.14. The number of hydrogen-bond acceptors (Lipinski definition) is 4. The zero-order valence-corrected chi connectivity index (χ0v) is 14.4. The molecule has 0 radical (unpaired) electrons. The average Bonchev–Trinajstić information content (AvgIpc) is 3.41. The molecule has 128 valence electrons. The summed E-state index contributed by atoms with van der Waals surface area (Å²) in [6.45, 7) is 1.81. The van der Waals surface area contributed by atoms with Gasteiger partial charge in [-0.3, -0.25) is 15.0 Å². The Morgan fingerprint density at radius 1 is 1.12 bits per heavy atom. The predicted molar refractivity (Wildman–Crippen MR) is 97.1 cm³/mol. The van der Waals surface area contributed by atoms with Crippen LogP contribution in [0, 0.1) is 0 Å². The third-order valence-corrected chi connectivity index (χ3v) is 4.64. The van der Waals surface area contributed by atoms with Crippen molar-refractivity contribution in [2.24, 2.45) is 0 Å². The van der Waals surface area contributed by atoms with E-state index in [-0.39, 0.29) is 0 Å². The van der Waals surface area contributed by atoms with Gasteiger partial charge in [0.2, 0.25) is 0 Å². The molecule has 1 aliphatic rings. The monoisotopic (exact) mass is 334 g/mol. The Balaban J connectivity index is 1.54. The second-order valence-electron chi connectivity index (χ2n) is 6.50. The molecule has 0 atom stereocenters. The summed E-state index contributed by atoms with van der Waals surface area (Å²) >= 11 is 0. The van der Waals surface area contributed by atoms with Crippen LogP contribution in [0.1, 0.15) is 24.0 Å². The molecule has 1 fully saturated rings. The standard InChI is InChI=1S/C20H22N4O/c1-25-19-8-4-16(5-9-19)20-17(12-22-23-20)14-24(18-6-7-18)13-15-3-2-10-21-11-15/h2-5,8-12,18H,6-7,13-14H2,1H3,(H,22,23). The van der Waals surface area contributed by atoms with E-state index >= 15 is 0 Å². The van der Waals surface area contributed by atoms with Crippen molar-refractivity contribution < 1.29 is 4.74 Å². The van der Waals surface area contributed by atoms with Gasteiger partial charge in [0, 0.05) is 42.7 Å². The molecule has 0 amide bonds. The highest BCUT2D eigenvalue weighted by atomic mass is 16.5. The van der Waals surface area contributed by atoms with Crippen molar-refractivity contribution in [3.8, 4) is 17.0 Å². The van der Waals surface area contributed by atoms with Crippen molar-refractivity contribution in [1.29, 1.82) is 0 Å². The molecule has 0 saturated heterocycles. The Kier molecular flexibility index (Phi) is 4.48. The first kappa shape index (κ1) is 15.8. The van der Waals surface area contributed by atoms with Crippen LogP contribution in [0.3, 0.4) is 0 Å². The highest BCUT2D eigenvalue weighted by Gasteiger charge is 2.29. The number of benzene rings is 1. The Bertz CT molecular complexity index is 809. The van der Waals surface area contributed by atoms with Crippen LogP contribution in [0.4, 0.5) is 0 Å². The first-order valence-corrected chi connectivity index (χ1v) is 8.63. The van der Waals surface area contributed by atoms with Crippen molar-refractivity contribution in [3.63, 3.8) is 0 Å². The second-order valence-corrected chi connectivity index (χ2v) is 6.50. The van der Waals surface area contributed by atoms with Gasteiger partial charge in [-0.15, -0.1) is 0 Å². The molecule has 1 aliphatic carbocycles. The largest absolute Gasteiger partial charge is 0.497 e. The highest BCUT2D eigenvalue weighted by Crippen LogP contribution is 2.32. The van der Waals surface area contributed by atoms with Crippen molar-refractivity contribution in [2.45, 2.75) is 32.0 Å². The summed E-state index contributed by atoms with van der Waals surface area (Å²) in [5, 5.41) is 7.44. The molecule has 0 aliphatic heterocycles. The van der Waals surface area contributed by atoms with Gasteiger partial charge in [-0.05, 0) is 48.7 Å². The molecule has 4 rings (SSSR count). The first-order valence-electron chi connectivity index (χ1n) is 8.63. The van der Waals surface area contributed by atoms with Crippen LogP contribution in [0.5, 0.6) is 5.75 Å². The molecule has 2 aromatic heterocycles. The molecular formula is C20H22N4O. The number of methoxy groups -OCH3 is 1. The lowest BCUT2D eigenvalue weighted by Crippen LogP contribution is -2.25. The molecule has 25 heavy (non-hydrogen) atoms. The molecule has 3 aromatic rings. The summed E-state index contributed by atoms with van der Waals surface area (Å²) in [7, 11) is 1.68. The van der Waals surface area contributed by atoms with E-state index < -0.39 is 0 Å². The zero-order chi connectivity index (χ0) is 17.1. The third-order valence-electron chi connectivity index (χ3n) is 4.64. The van der Waals surface area contributed by atoms with Crippen LogP contribution in [-0.4, -0.2) is 33.2 Å². The van der Waals surface area contributed by atoms with Gasteiger partial charge in [-0.25, -0.2) is 0 Å². The van der Waals surface area contributed by atoms with Crippen molar-refractivity contribution in [1.82, 2.24) is 20.1 Å². The second kappa shape index (κ2) is 7.07. The van der Waals surface area contributed by atoms with Gasteiger partial charge in [0.15, 0.2) is 0 Å². The van der Waals surface area contributed by atoms with Crippen molar-refractivity contribution in [2.75, 3.05) is 7.11 Å². The van der Waals surface area contributed by atoms with E-state index in [1.165, 1.54) is 24.0 Å². The van der Waals surface area contributed by atoms with E-state index in [0.29, 0.717) is 6.04 Å². The van der Waals surface area contributed by atoms with Crippen molar-refractivity contribution in [3.05, 3.63) is 66.1 Å². The van der Waals surface area contributed by atoms with E-state index in [1.807, 2.05) is 36.8 Å². The van der Waals surface area contributed by atoms with Crippen LogP contribution >= 0.6 is 0 Å². The van der Waals surface area contributed by atoms with Gasteiger partial charge >= 0.3 is 0 Å². The van der Waals surface area contributed by atoms with E-state index in [1.54, 1.807) is 7.11 Å². The summed E-state index contributed by atoms with van der Waals surface area (Å²) in [5.74, 6) is 0.862. The molecule has 5 nitrogen and oxygen atoms in total. The maximum atomic E-state index is 5.25. The minimum Gasteiger partial charge on any atom is -0.497 e. The molecule has 0 unspecified atom stereocenters. The lowest BCUT2D eigenvalue weighted by molar-refractivity contribution is 0.246. The summed E-state index contributed by atoms with van der Waals surface area (Å²) in [5.41, 5.74) is 4.69. The van der Waals surface area contributed by atoms with E-state index in [4.69, 9.17) is 4.74 Å². The van der Waals surface area contributed by atoms with Gasteiger partial charge in [0.1, 0.15) is 5.75 Å². The number of hydrogen-bond donors (Lipinski definition) is 1. The molecule has 0 bridgehead atoms. The highest BCUT2D eigenvalue weighted by molar-refractivity contribution is 5.63. The topological polar surface area (TPSA) is 54.0 Å². The molecule has 1 saturated carbocycles. The van der Waals surface area contributed by atoms with Gasteiger partial charge < -0.3 is 4.74 Å². The Hall–Kier alpha value is -2.66. The Labute approximate surface area is 147 Å². The Morgan fingerprint density at radius 3 is 2.64 bits per heavy atom. The maximum Gasteiger partial charge on any atom is 0.118 e. The van der Waals surface area contributed by atoms with Gasteiger partial charge in [-0.2, -0.15) is 5.10 Å². The van der Waals surface area contributed by atoms with Gasteiger partial charge in [0.05, 0.1) is 19.0 Å². The number of ether oxygens (including phenoxy) is 1. The molecule has 0 spiro atoms. The first-order chi connectivity index (χ1) is 12.3. The molecule has 5 heteroatoms. The number of nitrogens with one attached hydrogen (secondary N) is 1. The van der Waals surface area contributed by atoms with Crippen LogP contribution in [0.15, 0.2) is 55.0 Å². The fraction of sp³-hybridized carbons (Fsp3) is 0.300. The number of nitrogens with zero attached hydrogens (tertiary/aromatic N) is 3. The van der Waals surface area contributed by atoms with E-state index in [0.717, 1.165) is 30.1 Å². The molecule has 1 aromatic carbocycles. The number of rotatable bonds is 7. The van der Waals surface area contributed by atoms with Gasteiger partial charge in [0.25, 0.3) is 0 Å². The van der Waals surface area contributed by atoms with Crippen LogP contribution in [-0.2, 0) is 13.1 Å². The summed E-state index contributed by atoms with van der Waals surface area (Å²) < 4.78 is 5.25.